The average Bonchev–Trinajstić information content (AvgIpc) is 2.33. The van der Waals surface area contributed by atoms with Crippen LogP contribution in [0.3, 0.4) is 0 Å². The first-order valence-corrected chi connectivity index (χ1v) is 7.17. The van der Waals surface area contributed by atoms with Crippen molar-refractivity contribution in [1.29, 1.82) is 0 Å². The Morgan fingerprint density at radius 1 is 1.33 bits per heavy atom. The van der Waals surface area contributed by atoms with E-state index in [-0.39, 0.29) is 12.6 Å². The fourth-order valence-corrected chi connectivity index (χ4v) is 2.38. The Kier molecular flexibility index (Phi) is 7.23. The number of thioether (sulfide) groups is 1. The van der Waals surface area contributed by atoms with Crippen molar-refractivity contribution in [2.24, 2.45) is 0 Å². The van der Waals surface area contributed by atoms with Crippen molar-refractivity contribution in [3.63, 3.8) is 0 Å². The highest BCUT2D eigenvalue weighted by atomic mass is 32.2. The summed E-state index contributed by atoms with van der Waals surface area (Å²) in [5.41, 5.74) is 0.483. The lowest BCUT2D eigenvalue weighted by Crippen LogP contribution is -2.22. The summed E-state index contributed by atoms with van der Waals surface area (Å²) in [6, 6.07) is 3.51. The summed E-state index contributed by atoms with van der Waals surface area (Å²) in [5.74, 6) is 0.774. The molecular weight excluding hydrogens is 256 g/mol. The summed E-state index contributed by atoms with van der Waals surface area (Å²) in [6.07, 6.45) is 0.798. The van der Waals surface area contributed by atoms with Crippen LogP contribution in [0.25, 0.3) is 0 Å². The monoisotopic (exact) mass is 275 g/mol. The largest absolute Gasteiger partial charge is 0.396 e. The molecule has 2 nitrogen and oxygen atoms in total. The number of benzene rings is 1. The Labute approximate surface area is 111 Å². The summed E-state index contributed by atoms with van der Waals surface area (Å²) < 4.78 is 26.2. The fraction of sp³-hybridized carbons (Fsp3) is 0.538. The standard InChI is InChI=1S/C13H19F2NOS/c1-10(16-5-8-18-7-2-6-17)12-4-3-11(14)9-13(12)15/h3-4,9-10,16-17H,2,5-8H2,1H3. The van der Waals surface area contributed by atoms with Crippen LogP contribution in [0.5, 0.6) is 0 Å². The van der Waals surface area contributed by atoms with Crippen LogP contribution in [0.1, 0.15) is 24.9 Å². The van der Waals surface area contributed by atoms with E-state index < -0.39 is 11.6 Å². The molecule has 1 atom stereocenters. The van der Waals surface area contributed by atoms with Crippen molar-refractivity contribution in [2.45, 2.75) is 19.4 Å². The first-order valence-electron chi connectivity index (χ1n) is 6.02. The third-order valence-corrected chi connectivity index (χ3v) is 3.64. The van der Waals surface area contributed by atoms with Gasteiger partial charge in [-0.05, 0) is 25.2 Å². The van der Waals surface area contributed by atoms with Crippen molar-refractivity contribution in [3.8, 4) is 0 Å². The summed E-state index contributed by atoms with van der Waals surface area (Å²) in [4.78, 5) is 0. The van der Waals surface area contributed by atoms with Crippen LogP contribution >= 0.6 is 11.8 Å². The number of hydrogen-bond acceptors (Lipinski definition) is 3. The molecule has 102 valence electrons. The van der Waals surface area contributed by atoms with Gasteiger partial charge in [-0.1, -0.05) is 6.07 Å². The number of halogens is 2. The van der Waals surface area contributed by atoms with Crippen LogP contribution in [0, 0.1) is 11.6 Å². The minimum atomic E-state index is -0.553. The molecule has 1 aromatic rings. The Bertz CT molecular complexity index is 363. The summed E-state index contributed by atoms with van der Waals surface area (Å²) in [7, 11) is 0. The number of hydrogen-bond donors (Lipinski definition) is 2. The Hall–Kier alpha value is -0.650. The summed E-state index contributed by atoms with van der Waals surface area (Å²) in [6.45, 7) is 2.83. The van der Waals surface area contributed by atoms with Crippen molar-refractivity contribution in [2.75, 3.05) is 24.7 Å². The van der Waals surface area contributed by atoms with Crippen LogP contribution in [0.15, 0.2) is 18.2 Å². The Morgan fingerprint density at radius 3 is 2.78 bits per heavy atom. The third kappa shape index (κ3) is 5.33. The van der Waals surface area contributed by atoms with Gasteiger partial charge in [0, 0.05) is 36.6 Å². The Morgan fingerprint density at radius 2 is 2.11 bits per heavy atom. The smallest absolute Gasteiger partial charge is 0.130 e. The van der Waals surface area contributed by atoms with Crippen LogP contribution < -0.4 is 5.32 Å². The molecule has 1 aromatic carbocycles. The molecule has 0 radical (unpaired) electrons. The average molecular weight is 275 g/mol. The van der Waals surface area contributed by atoms with Crippen LogP contribution in [0.2, 0.25) is 0 Å². The molecule has 0 spiro atoms. The van der Waals surface area contributed by atoms with Gasteiger partial charge in [-0.15, -0.1) is 0 Å². The van der Waals surface area contributed by atoms with Gasteiger partial charge in [0.2, 0.25) is 0 Å². The predicted octanol–water partition coefficient (Wildman–Crippen LogP) is 2.73. The maximum Gasteiger partial charge on any atom is 0.130 e. The van der Waals surface area contributed by atoms with Crippen molar-refractivity contribution in [1.82, 2.24) is 5.32 Å². The van der Waals surface area contributed by atoms with E-state index in [0.29, 0.717) is 5.56 Å². The minimum absolute atomic E-state index is 0.135. The van der Waals surface area contributed by atoms with Gasteiger partial charge in [0.15, 0.2) is 0 Å². The van der Waals surface area contributed by atoms with Crippen LogP contribution in [-0.4, -0.2) is 29.8 Å². The topological polar surface area (TPSA) is 32.3 Å². The van der Waals surface area contributed by atoms with Crippen molar-refractivity contribution >= 4 is 11.8 Å². The van der Waals surface area contributed by atoms with E-state index in [4.69, 9.17) is 5.11 Å². The second-order valence-corrected chi connectivity index (χ2v) is 5.26. The van der Waals surface area contributed by atoms with Crippen LogP contribution in [0.4, 0.5) is 8.78 Å². The zero-order chi connectivity index (χ0) is 13.4. The minimum Gasteiger partial charge on any atom is -0.396 e. The highest BCUT2D eigenvalue weighted by molar-refractivity contribution is 7.99. The normalized spacial score (nSPS) is 12.7. The number of nitrogens with one attached hydrogen (secondary N) is 1. The molecule has 0 aliphatic carbocycles. The maximum atomic E-state index is 13.5. The molecule has 0 fully saturated rings. The molecule has 0 amide bonds. The SMILES string of the molecule is CC(NCCSCCCO)c1ccc(F)cc1F. The summed E-state index contributed by atoms with van der Waals surface area (Å²) >= 11 is 1.75. The highest BCUT2D eigenvalue weighted by Crippen LogP contribution is 2.17. The van der Waals surface area contributed by atoms with E-state index >= 15 is 0 Å². The summed E-state index contributed by atoms with van der Waals surface area (Å²) in [5, 5.41) is 11.8. The lowest BCUT2D eigenvalue weighted by atomic mass is 10.1. The van der Waals surface area contributed by atoms with Gasteiger partial charge in [-0.2, -0.15) is 11.8 Å². The van der Waals surface area contributed by atoms with E-state index in [0.717, 1.165) is 30.5 Å². The second kappa shape index (κ2) is 8.45. The molecular formula is C13H19F2NOS. The molecule has 1 rings (SSSR count). The number of aliphatic hydroxyl groups is 1. The number of rotatable bonds is 8. The highest BCUT2D eigenvalue weighted by Gasteiger charge is 2.10. The van der Waals surface area contributed by atoms with E-state index in [1.165, 1.54) is 12.1 Å². The lowest BCUT2D eigenvalue weighted by Gasteiger charge is -2.14. The van der Waals surface area contributed by atoms with Gasteiger partial charge in [-0.25, -0.2) is 8.78 Å². The molecule has 0 aliphatic rings. The molecule has 5 heteroatoms. The molecule has 0 aromatic heterocycles. The zero-order valence-corrected chi connectivity index (χ0v) is 11.3. The molecule has 0 heterocycles. The predicted molar refractivity (Wildman–Crippen MR) is 71.8 cm³/mol. The molecule has 18 heavy (non-hydrogen) atoms. The van der Waals surface area contributed by atoms with Gasteiger partial charge >= 0.3 is 0 Å². The quantitative estimate of drug-likeness (QED) is 0.716. The molecule has 0 saturated heterocycles. The van der Waals surface area contributed by atoms with Gasteiger partial charge in [-0.3, -0.25) is 0 Å². The molecule has 0 bridgehead atoms. The molecule has 1 unspecified atom stereocenters. The van der Waals surface area contributed by atoms with Crippen molar-refractivity contribution < 1.29 is 13.9 Å². The first kappa shape index (κ1) is 15.4. The fourth-order valence-electron chi connectivity index (χ4n) is 1.58. The first-order chi connectivity index (χ1) is 8.65. The molecule has 2 N–H and O–H groups in total. The molecule has 0 aliphatic heterocycles. The van der Waals surface area contributed by atoms with E-state index in [2.05, 4.69) is 5.32 Å². The number of aliphatic hydroxyl groups excluding tert-OH is 1. The van der Waals surface area contributed by atoms with Crippen LogP contribution in [-0.2, 0) is 0 Å². The van der Waals surface area contributed by atoms with E-state index in [1.807, 2.05) is 6.92 Å². The lowest BCUT2D eigenvalue weighted by molar-refractivity contribution is 0.296. The van der Waals surface area contributed by atoms with Gasteiger partial charge in [0.1, 0.15) is 11.6 Å². The van der Waals surface area contributed by atoms with Gasteiger partial charge in [0.25, 0.3) is 0 Å². The van der Waals surface area contributed by atoms with E-state index in [9.17, 15) is 8.78 Å². The van der Waals surface area contributed by atoms with Gasteiger partial charge < -0.3 is 10.4 Å². The third-order valence-electron chi connectivity index (χ3n) is 2.57. The van der Waals surface area contributed by atoms with Crippen molar-refractivity contribution in [3.05, 3.63) is 35.4 Å². The molecule has 0 saturated carbocycles. The Balaban J connectivity index is 2.29. The zero-order valence-electron chi connectivity index (χ0n) is 10.5. The maximum absolute atomic E-state index is 13.5. The van der Waals surface area contributed by atoms with Gasteiger partial charge in [0.05, 0.1) is 0 Å². The van der Waals surface area contributed by atoms with E-state index in [1.54, 1.807) is 11.8 Å². The second-order valence-electron chi connectivity index (χ2n) is 4.03.